The van der Waals surface area contributed by atoms with Crippen LogP contribution in [0, 0.1) is 6.92 Å². The number of rotatable bonds is 4. The summed E-state index contributed by atoms with van der Waals surface area (Å²) in [6, 6.07) is 5.52. The number of halogens is 3. The van der Waals surface area contributed by atoms with Crippen molar-refractivity contribution in [2.45, 2.75) is 26.1 Å². The maximum absolute atomic E-state index is 13.3. The number of aromatic nitrogens is 3. The molecular weight excluding hydrogens is 437 g/mol. The fourth-order valence-electron chi connectivity index (χ4n) is 4.08. The van der Waals surface area contributed by atoms with Crippen LogP contribution in [0.4, 0.5) is 29.6 Å². The van der Waals surface area contributed by atoms with E-state index in [1.807, 2.05) is 11.0 Å². The summed E-state index contributed by atoms with van der Waals surface area (Å²) >= 11 is 0. The van der Waals surface area contributed by atoms with Crippen molar-refractivity contribution < 1.29 is 23.1 Å². The molecule has 0 spiro atoms. The number of alkyl halides is 3. The number of nitrogens with zero attached hydrogens (tertiary/aromatic N) is 5. The van der Waals surface area contributed by atoms with Crippen molar-refractivity contribution >= 4 is 28.5 Å². The molecule has 1 aromatic carbocycles. The average molecular weight is 460 g/mol. The maximum Gasteiger partial charge on any atom is 0.416 e. The third kappa shape index (κ3) is 4.62. The Kier molecular flexibility index (Phi) is 5.96. The number of nitrogens with one attached hydrogen (secondary N) is 1. The fourth-order valence-corrected chi connectivity index (χ4v) is 4.08. The number of benzene rings is 1. The van der Waals surface area contributed by atoms with Crippen LogP contribution < -0.4 is 10.2 Å². The van der Waals surface area contributed by atoms with Crippen LogP contribution in [0.2, 0.25) is 0 Å². The van der Waals surface area contributed by atoms with Crippen molar-refractivity contribution in [1.82, 2.24) is 20.1 Å². The van der Waals surface area contributed by atoms with E-state index in [1.54, 1.807) is 25.4 Å². The van der Waals surface area contributed by atoms with Gasteiger partial charge in [-0.2, -0.15) is 18.3 Å². The number of fused-ring (bicyclic) bond motifs is 1. The van der Waals surface area contributed by atoms with E-state index in [2.05, 4.69) is 20.5 Å². The molecular formula is C22H23F3N6O2. The van der Waals surface area contributed by atoms with Gasteiger partial charge in [-0.1, -0.05) is 12.1 Å². The van der Waals surface area contributed by atoms with Crippen LogP contribution >= 0.6 is 0 Å². The molecule has 3 heterocycles. The first-order valence-electron chi connectivity index (χ1n) is 10.4. The Balaban J connectivity index is 1.61. The number of carbonyl (C=O) groups is 1. The molecule has 1 saturated heterocycles. The maximum atomic E-state index is 13.3. The van der Waals surface area contributed by atoms with Gasteiger partial charge in [0.25, 0.3) is 0 Å². The lowest BCUT2D eigenvalue weighted by Crippen LogP contribution is -2.48. The zero-order valence-corrected chi connectivity index (χ0v) is 18.1. The third-order valence-corrected chi connectivity index (χ3v) is 5.91. The van der Waals surface area contributed by atoms with Crippen LogP contribution in [-0.2, 0) is 6.18 Å². The van der Waals surface area contributed by atoms with Gasteiger partial charge in [-0.25, -0.2) is 9.78 Å². The highest BCUT2D eigenvalue weighted by atomic mass is 19.4. The van der Waals surface area contributed by atoms with Crippen molar-refractivity contribution in [2.75, 3.05) is 36.4 Å². The number of piperazine rings is 1. The molecule has 4 rings (SSSR count). The van der Waals surface area contributed by atoms with Gasteiger partial charge < -0.3 is 20.2 Å². The molecule has 0 saturated carbocycles. The summed E-state index contributed by atoms with van der Waals surface area (Å²) in [5.74, 6) is 1.11. The van der Waals surface area contributed by atoms with Gasteiger partial charge in [0.05, 0.1) is 17.8 Å². The van der Waals surface area contributed by atoms with E-state index in [9.17, 15) is 18.0 Å². The predicted octanol–water partition coefficient (Wildman–Crippen LogP) is 4.33. The minimum absolute atomic E-state index is 0.164. The number of pyridine rings is 1. The Morgan fingerprint density at radius 2 is 1.91 bits per heavy atom. The zero-order chi connectivity index (χ0) is 23.8. The fraction of sp³-hybridized carbons (Fsp3) is 0.364. The number of hydrogen-bond acceptors (Lipinski definition) is 6. The van der Waals surface area contributed by atoms with Crippen LogP contribution in [0.1, 0.15) is 29.7 Å². The molecule has 0 unspecified atom stereocenters. The summed E-state index contributed by atoms with van der Waals surface area (Å²) in [5.41, 5.74) is 0.0178. The molecule has 8 nitrogen and oxygen atoms in total. The van der Waals surface area contributed by atoms with E-state index < -0.39 is 23.9 Å². The number of hydrogen-bond donors (Lipinski definition) is 2. The Morgan fingerprint density at radius 3 is 2.58 bits per heavy atom. The predicted molar refractivity (Wildman–Crippen MR) is 117 cm³/mol. The van der Waals surface area contributed by atoms with Crippen LogP contribution in [0.5, 0.6) is 0 Å². The number of amides is 1. The monoisotopic (exact) mass is 460 g/mol. The highest BCUT2D eigenvalue weighted by Crippen LogP contribution is 2.35. The van der Waals surface area contributed by atoms with Crippen LogP contribution in [0.25, 0.3) is 10.8 Å². The van der Waals surface area contributed by atoms with E-state index in [0.29, 0.717) is 43.4 Å². The van der Waals surface area contributed by atoms with Gasteiger partial charge >= 0.3 is 12.3 Å². The normalized spacial score (nSPS) is 15.5. The quantitative estimate of drug-likeness (QED) is 0.599. The van der Waals surface area contributed by atoms with Crippen LogP contribution in [0.3, 0.4) is 0 Å². The summed E-state index contributed by atoms with van der Waals surface area (Å²) < 4.78 is 40.0. The first-order chi connectivity index (χ1) is 15.6. The summed E-state index contributed by atoms with van der Waals surface area (Å²) in [6.07, 6.45) is -2.14. The van der Waals surface area contributed by atoms with Crippen molar-refractivity contribution in [3.8, 4) is 0 Å². The van der Waals surface area contributed by atoms with Crippen LogP contribution in [0.15, 0.2) is 36.7 Å². The van der Waals surface area contributed by atoms with Gasteiger partial charge in [-0.3, -0.25) is 0 Å². The van der Waals surface area contributed by atoms with Crippen molar-refractivity contribution in [3.63, 3.8) is 0 Å². The topological polar surface area (TPSA) is 94.5 Å². The van der Waals surface area contributed by atoms with Gasteiger partial charge in [-0.05, 0) is 37.1 Å². The SMILES string of the molecule is Cc1c([C@@H](C)Nc2nncc3cnc(N4CCN(C(=O)O)CC4)cc23)cccc1C(F)(F)F. The molecule has 1 amide bonds. The second-order valence-corrected chi connectivity index (χ2v) is 7.96. The van der Waals surface area contributed by atoms with Gasteiger partial charge in [0, 0.05) is 43.1 Å². The highest BCUT2D eigenvalue weighted by molar-refractivity contribution is 5.92. The first kappa shape index (κ1) is 22.6. The van der Waals surface area contributed by atoms with E-state index in [4.69, 9.17) is 5.11 Å². The van der Waals surface area contributed by atoms with E-state index in [0.717, 1.165) is 16.8 Å². The summed E-state index contributed by atoms with van der Waals surface area (Å²) in [7, 11) is 0. The molecule has 2 N–H and O–H groups in total. The summed E-state index contributed by atoms with van der Waals surface area (Å²) in [4.78, 5) is 19.0. The van der Waals surface area contributed by atoms with E-state index in [1.165, 1.54) is 17.9 Å². The number of anilines is 2. The Hall–Kier alpha value is -3.63. The van der Waals surface area contributed by atoms with E-state index >= 15 is 0 Å². The number of carboxylic acid groups (broad SMARTS) is 1. The molecule has 1 aliphatic rings. The molecule has 1 aliphatic heterocycles. The first-order valence-corrected chi connectivity index (χ1v) is 10.4. The minimum Gasteiger partial charge on any atom is -0.465 e. The average Bonchev–Trinajstić information content (AvgIpc) is 2.78. The molecule has 174 valence electrons. The van der Waals surface area contributed by atoms with Gasteiger partial charge in [-0.15, -0.1) is 5.10 Å². The minimum atomic E-state index is -4.43. The van der Waals surface area contributed by atoms with Gasteiger partial charge in [0.15, 0.2) is 5.82 Å². The second-order valence-electron chi connectivity index (χ2n) is 7.96. The van der Waals surface area contributed by atoms with Crippen LogP contribution in [-0.4, -0.2) is 57.5 Å². The largest absolute Gasteiger partial charge is 0.465 e. The van der Waals surface area contributed by atoms with Crippen molar-refractivity contribution in [3.05, 3.63) is 53.3 Å². The van der Waals surface area contributed by atoms with E-state index in [-0.39, 0.29) is 5.56 Å². The Bertz CT molecular complexity index is 1180. The van der Waals surface area contributed by atoms with Crippen molar-refractivity contribution in [2.24, 2.45) is 0 Å². The smallest absolute Gasteiger partial charge is 0.416 e. The lowest BCUT2D eigenvalue weighted by Gasteiger charge is -2.33. The second kappa shape index (κ2) is 8.72. The van der Waals surface area contributed by atoms with Gasteiger partial charge in [0.1, 0.15) is 5.82 Å². The lowest BCUT2D eigenvalue weighted by molar-refractivity contribution is -0.138. The molecule has 0 radical (unpaired) electrons. The lowest BCUT2D eigenvalue weighted by atomic mass is 9.97. The third-order valence-electron chi connectivity index (χ3n) is 5.91. The molecule has 0 bridgehead atoms. The molecule has 0 aliphatic carbocycles. The summed E-state index contributed by atoms with van der Waals surface area (Å²) in [5, 5.41) is 22.0. The molecule has 11 heteroatoms. The Morgan fingerprint density at radius 1 is 1.18 bits per heavy atom. The molecule has 3 aromatic rings. The van der Waals surface area contributed by atoms with Gasteiger partial charge in [0.2, 0.25) is 0 Å². The Labute approximate surface area is 188 Å². The summed E-state index contributed by atoms with van der Waals surface area (Å²) in [6.45, 7) is 5.00. The molecule has 33 heavy (non-hydrogen) atoms. The molecule has 1 atom stereocenters. The molecule has 2 aromatic heterocycles. The molecule has 1 fully saturated rings. The standard InChI is InChI=1S/C22H23F3N6O2/c1-13-16(4-3-5-18(13)22(23,24)25)14(2)28-20-17-10-19(26-11-15(17)12-27-29-20)30-6-8-31(9-7-30)21(32)33/h3-5,10-12,14H,6-9H2,1-2H3,(H,28,29)(H,32,33)/t14-/m1/s1. The highest BCUT2D eigenvalue weighted by Gasteiger charge is 2.33. The zero-order valence-electron chi connectivity index (χ0n) is 18.1. The van der Waals surface area contributed by atoms with Crippen molar-refractivity contribution in [1.29, 1.82) is 0 Å².